The lowest BCUT2D eigenvalue weighted by molar-refractivity contribution is -0.185. The Balaban J connectivity index is 1.82. The average molecular weight is 343 g/mol. The predicted octanol–water partition coefficient (Wildman–Crippen LogP) is 1.72. The summed E-state index contributed by atoms with van der Waals surface area (Å²) < 4.78 is 5.81. The molecular weight excluding hydrogens is 328 g/mol. The van der Waals surface area contributed by atoms with Crippen molar-refractivity contribution in [3.05, 3.63) is 40.5 Å². The number of rotatable bonds is 7. The molecule has 0 bridgehead atoms. The SMILES string of the molecule is COc1ccc(CON(C=O)CC2C=C(Br)NO2)cc1. The monoisotopic (exact) mass is 342 g/mol. The highest BCUT2D eigenvalue weighted by molar-refractivity contribution is 9.11. The molecule has 1 aromatic carbocycles. The third-order valence-electron chi connectivity index (χ3n) is 2.67. The number of carbonyl (C=O) groups excluding carboxylic acids is 1. The molecule has 20 heavy (non-hydrogen) atoms. The highest BCUT2D eigenvalue weighted by Crippen LogP contribution is 2.14. The van der Waals surface area contributed by atoms with E-state index < -0.39 is 0 Å². The molecule has 0 saturated carbocycles. The van der Waals surface area contributed by atoms with Crippen molar-refractivity contribution in [1.82, 2.24) is 10.5 Å². The summed E-state index contributed by atoms with van der Waals surface area (Å²) in [7, 11) is 1.61. The van der Waals surface area contributed by atoms with Gasteiger partial charge < -0.3 is 4.74 Å². The van der Waals surface area contributed by atoms with Gasteiger partial charge in [-0.05, 0) is 39.7 Å². The van der Waals surface area contributed by atoms with E-state index in [1.54, 1.807) is 7.11 Å². The lowest BCUT2D eigenvalue weighted by Crippen LogP contribution is -2.31. The molecule has 1 aliphatic heterocycles. The molecule has 2 rings (SSSR count). The van der Waals surface area contributed by atoms with Crippen LogP contribution in [0.2, 0.25) is 0 Å². The van der Waals surface area contributed by atoms with Gasteiger partial charge in [0.2, 0.25) is 6.41 Å². The Hall–Kier alpha value is -1.57. The van der Waals surface area contributed by atoms with Crippen molar-refractivity contribution >= 4 is 22.3 Å². The van der Waals surface area contributed by atoms with Gasteiger partial charge in [-0.2, -0.15) is 0 Å². The number of benzene rings is 1. The van der Waals surface area contributed by atoms with Gasteiger partial charge in [0.05, 0.1) is 13.7 Å². The molecule has 108 valence electrons. The quantitative estimate of drug-likeness (QED) is 0.464. The third-order valence-corrected chi connectivity index (χ3v) is 3.10. The Bertz CT molecular complexity index is 478. The normalized spacial score (nSPS) is 17.3. The van der Waals surface area contributed by atoms with Gasteiger partial charge in [-0.15, -0.1) is 0 Å². The van der Waals surface area contributed by atoms with Crippen LogP contribution in [-0.4, -0.2) is 31.2 Å². The first kappa shape index (κ1) is 14.8. The van der Waals surface area contributed by atoms with Crippen molar-refractivity contribution in [3.8, 4) is 5.75 Å². The van der Waals surface area contributed by atoms with Crippen molar-refractivity contribution in [2.24, 2.45) is 0 Å². The van der Waals surface area contributed by atoms with Crippen LogP contribution in [0.5, 0.6) is 5.75 Å². The predicted molar refractivity (Wildman–Crippen MR) is 75.6 cm³/mol. The van der Waals surface area contributed by atoms with E-state index >= 15 is 0 Å². The lowest BCUT2D eigenvalue weighted by atomic mass is 10.2. The molecule has 0 spiro atoms. The summed E-state index contributed by atoms with van der Waals surface area (Å²) >= 11 is 3.25. The second kappa shape index (κ2) is 7.28. The molecule has 1 N–H and O–H groups in total. The van der Waals surface area contributed by atoms with Gasteiger partial charge in [0.1, 0.15) is 23.1 Å². The Labute approximate surface area is 125 Å². The molecule has 0 radical (unpaired) electrons. The van der Waals surface area contributed by atoms with Crippen molar-refractivity contribution in [1.29, 1.82) is 0 Å². The molecule has 0 saturated heterocycles. The minimum atomic E-state index is -0.245. The maximum Gasteiger partial charge on any atom is 0.233 e. The van der Waals surface area contributed by atoms with Gasteiger partial charge >= 0.3 is 0 Å². The molecule has 0 fully saturated rings. The van der Waals surface area contributed by atoms with Gasteiger partial charge in [-0.25, -0.2) is 5.06 Å². The fourth-order valence-corrected chi connectivity index (χ4v) is 2.02. The van der Waals surface area contributed by atoms with Crippen LogP contribution in [0.3, 0.4) is 0 Å². The number of hydrogen-bond donors (Lipinski definition) is 1. The van der Waals surface area contributed by atoms with Crippen LogP contribution in [-0.2, 0) is 21.1 Å². The molecule has 1 aromatic rings. The van der Waals surface area contributed by atoms with Crippen molar-refractivity contribution in [3.63, 3.8) is 0 Å². The van der Waals surface area contributed by atoms with Gasteiger partial charge in [-0.1, -0.05) is 12.1 Å². The van der Waals surface area contributed by atoms with E-state index in [-0.39, 0.29) is 6.10 Å². The van der Waals surface area contributed by atoms with Gasteiger partial charge in [0.25, 0.3) is 0 Å². The van der Waals surface area contributed by atoms with E-state index in [1.165, 1.54) is 5.06 Å². The van der Waals surface area contributed by atoms with E-state index in [2.05, 4.69) is 21.4 Å². The van der Waals surface area contributed by atoms with Crippen molar-refractivity contribution < 1.29 is 19.2 Å². The molecule has 1 amide bonds. The molecule has 1 aliphatic rings. The molecule has 0 aromatic heterocycles. The second-order valence-corrected chi connectivity index (χ2v) is 4.95. The second-order valence-electron chi connectivity index (χ2n) is 4.10. The van der Waals surface area contributed by atoms with Crippen LogP contribution in [0, 0.1) is 0 Å². The fraction of sp³-hybridized carbons (Fsp3) is 0.308. The van der Waals surface area contributed by atoms with Crippen LogP contribution in [0.1, 0.15) is 5.56 Å². The highest BCUT2D eigenvalue weighted by atomic mass is 79.9. The minimum Gasteiger partial charge on any atom is -0.497 e. The minimum absolute atomic E-state index is 0.245. The summed E-state index contributed by atoms with van der Waals surface area (Å²) in [5.74, 6) is 0.779. The van der Waals surface area contributed by atoms with Gasteiger partial charge in [-0.3, -0.25) is 19.9 Å². The fourth-order valence-electron chi connectivity index (χ4n) is 1.64. The summed E-state index contributed by atoms with van der Waals surface area (Å²) in [6, 6.07) is 7.44. The number of methoxy groups -OCH3 is 1. The number of halogens is 1. The van der Waals surface area contributed by atoms with Crippen molar-refractivity contribution in [2.75, 3.05) is 13.7 Å². The van der Waals surface area contributed by atoms with Crippen LogP contribution >= 0.6 is 15.9 Å². The number of carbonyl (C=O) groups is 1. The number of nitrogens with zero attached hydrogens (tertiary/aromatic N) is 1. The number of hydroxylamine groups is 3. The number of nitrogens with one attached hydrogen (secondary N) is 1. The van der Waals surface area contributed by atoms with Gasteiger partial charge in [0, 0.05) is 0 Å². The lowest BCUT2D eigenvalue weighted by Gasteiger charge is -2.19. The Kier molecular flexibility index (Phi) is 5.40. The van der Waals surface area contributed by atoms with Crippen LogP contribution in [0.15, 0.2) is 34.9 Å². The summed E-state index contributed by atoms with van der Waals surface area (Å²) in [4.78, 5) is 21.6. The summed E-state index contributed by atoms with van der Waals surface area (Å²) in [5, 5.41) is 1.21. The molecule has 6 nitrogen and oxygen atoms in total. The number of ether oxygens (including phenoxy) is 1. The molecule has 0 aliphatic carbocycles. The Morgan fingerprint density at radius 2 is 2.20 bits per heavy atom. The average Bonchev–Trinajstić information content (AvgIpc) is 2.89. The Morgan fingerprint density at radius 3 is 2.75 bits per heavy atom. The summed E-state index contributed by atoms with van der Waals surface area (Å²) in [6.07, 6.45) is 2.20. The topological polar surface area (TPSA) is 60.0 Å². The first-order valence-electron chi connectivity index (χ1n) is 5.98. The molecular formula is C13H15BrN2O4. The molecule has 7 heteroatoms. The van der Waals surface area contributed by atoms with E-state index in [9.17, 15) is 4.79 Å². The maximum absolute atomic E-state index is 11.0. The molecule has 1 heterocycles. The van der Waals surface area contributed by atoms with Gasteiger partial charge in [0.15, 0.2) is 0 Å². The third kappa shape index (κ3) is 4.22. The zero-order chi connectivity index (χ0) is 14.4. The zero-order valence-electron chi connectivity index (χ0n) is 10.9. The Morgan fingerprint density at radius 1 is 1.45 bits per heavy atom. The first-order valence-corrected chi connectivity index (χ1v) is 6.77. The van der Waals surface area contributed by atoms with Crippen LogP contribution < -0.4 is 10.2 Å². The van der Waals surface area contributed by atoms with E-state index in [1.807, 2.05) is 30.3 Å². The summed E-state index contributed by atoms with van der Waals surface area (Å²) in [5.41, 5.74) is 3.60. The standard InChI is InChI=1S/C13H15BrN2O4/c1-18-11-4-2-10(3-5-11)8-19-16(9-17)7-12-6-13(14)15-20-12/h2-6,9,12,15H,7-8H2,1H3. The number of hydrogen-bond acceptors (Lipinski definition) is 5. The van der Waals surface area contributed by atoms with Crippen LogP contribution in [0.4, 0.5) is 0 Å². The summed E-state index contributed by atoms with van der Waals surface area (Å²) in [6.45, 7) is 0.607. The largest absolute Gasteiger partial charge is 0.497 e. The van der Waals surface area contributed by atoms with E-state index in [4.69, 9.17) is 14.4 Å². The van der Waals surface area contributed by atoms with Crippen molar-refractivity contribution in [2.45, 2.75) is 12.7 Å². The van der Waals surface area contributed by atoms with E-state index in [0.29, 0.717) is 19.6 Å². The molecule has 1 atom stereocenters. The maximum atomic E-state index is 11.0. The highest BCUT2D eigenvalue weighted by Gasteiger charge is 2.18. The van der Waals surface area contributed by atoms with E-state index in [0.717, 1.165) is 15.9 Å². The molecule has 1 unspecified atom stereocenters. The zero-order valence-corrected chi connectivity index (χ0v) is 12.5. The van der Waals surface area contributed by atoms with Crippen LogP contribution in [0.25, 0.3) is 0 Å². The smallest absolute Gasteiger partial charge is 0.233 e. The number of amides is 1. The first-order chi connectivity index (χ1) is 9.71.